The highest BCUT2D eigenvalue weighted by Crippen LogP contribution is 2.36. The Balaban J connectivity index is 1.67. The standard InChI is InChI=1S/C24H14F4N6O3S/c1-37-17-10-30-16(20(27)28)7-12(17)11-8-18(34-6-2-3-15(26)23(34)36)31-9-13(11)22(35)33-24-32-21-19(38-24)14(25)4-5-29-21/h2-10,20H,1H3,(H,29,32,33,35). The summed E-state index contributed by atoms with van der Waals surface area (Å²) in [7, 11) is 1.28. The smallest absolute Gasteiger partial charge is 0.292 e. The lowest BCUT2D eigenvalue weighted by Crippen LogP contribution is -2.22. The van der Waals surface area contributed by atoms with E-state index in [1.165, 1.54) is 31.6 Å². The van der Waals surface area contributed by atoms with E-state index in [-0.39, 0.29) is 43.7 Å². The van der Waals surface area contributed by atoms with Crippen LogP contribution in [0.3, 0.4) is 0 Å². The summed E-state index contributed by atoms with van der Waals surface area (Å²) >= 11 is 0.844. The van der Waals surface area contributed by atoms with Crippen LogP contribution in [0.25, 0.3) is 27.3 Å². The number of alkyl halides is 2. The number of halogens is 4. The zero-order chi connectivity index (χ0) is 27.0. The monoisotopic (exact) mass is 542 g/mol. The Morgan fingerprint density at radius 3 is 2.63 bits per heavy atom. The molecule has 5 aromatic rings. The number of aromatic nitrogens is 5. The number of nitrogens with one attached hydrogen (secondary N) is 1. The molecule has 0 bridgehead atoms. The molecule has 0 radical (unpaired) electrons. The van der Waals surface area contributed by atoms with Crippen molar-refractivity contribution in [2.45, 2.75) is 6.43 Å². The first kappa shape index (κ1) is 25.0. The molecule has 1 N–H and O–H groups in total. The second kappa shape index (κ2) is 9.97. The number of hydrogen-bond acceptors (Lipinski definition) is 8. The van der Waals surface area contributed by atoms with Gasteiger partial charge in [-0.2, -0.15) is 4.98 Å². The van der Waals surface area contributed by atoms with Crippen molar-refractivity contribution in [3.8, 4) is 22.7 Å². The van der Waals surface area contributed by atoms with Crippen molar-refractivity contribution in [1.82, 2.24) is 24.5 Å². The maximum Gasteiger partial charge on any atom is 0.292 e. The molecule has 5 heterocycles. The van der Waals surface area contributed by atoms with E-state index >= 15 is 0 Å². The molecule has 5 rings (SSSR count). The number of ether oxygens (including phenoxy) is 1. The van der Waals surface area contributed by atoms with Crippen LogP contribution in [0, 0.1) is 11.6 Å². The summed E-state index contributed by atoms with van der Waals surface area (Å²) in [6.07, 6.45) is 1.71. The molecule has 192 valence electrons. The van der Waals surface area contributed by atoms with Gasteiger partial charge in [0, 0.05) is 29.7 Å². The summed E-state index contributed by atoms with van der Waals surface area (Å²) in [6.45, 7) is 0. The minimum Gasteiger partial charge on any atom is -0.494 e. The average Bonchev–Trinajstić information content (AvgIpc) is 3.33. The first-order chi connectivity index (χ1) is 18.3. The molecule has 0 aliphatic rings. The normalized spacial score (nSPS) is 11.2. The Labute approximate surface area is 214 Å². The van der Waals surface area contributed by atoms with Crippen LogP contribution in [0.4, 0.5) is 22.7 Å². The zero-order valence-corrected chi connectivity index (χ0v) is 20.0. The number of amides is 1. The second-order valence-corrected chi connectivity index (χ2v) is 8.65. The molecular weight excluding hydrogens is 528 g/mol. The van der Waals surface area contributed by atoms with E-state index in [2.05, 4.69) is 25.3 Å². The predicted molar refractivity (Wildman–Crippen MR) is 130 cm³/mol. The molecule has 0 spiro atoms. The molecule has 0 saturated carbocycles. The van der Waals surface area contributed by atoms with Gasteiger partial charge in [-0.15, -0.1) is 0 Å². The molecule has 14 heteroatoms. The van der Waals surface area contributed by atoms with E-state index in [0.29, 0.717) is 0 Å². The molecular formula is C24H14F4N6O3S. The van der Waals surface area contributed by atoms with Crippen molar-refractivity contribution in [3.63, 3.8) is 0 Å². The number of carbonyl (C=O) groups is 1. The van der Waals surface area contributed by atoms with Crippen molar-refractivity contribution in [2.24, 2.45) is 0 Å². The van der Waals surface area contributed by atoms with Gasteiger partial charge >= 0.3 is 0 Å². The maximum absolute atomic E-state index is 14.1. The van der Waals surface area contributed by atoms with Gasteiger partial charge in [-0.1, -0.05) is 11.3 Å². The van der Waals surface area contributed by atoms with E-state index < -0.39 is 35.2 Å². The largest absolute Gasteiger partial charge is 0.494 e. The van der Waals surface area contributed by atoms with E-state index in [1.807, 2.05) is 0 Å². The fraction of sp³-hybridized carbons (Fsp3) is 0.0833. The van der Waals surface area contributed by atoms with Gasteiger partial charge < -0.3 is 4.74 Å². The summed E-state index contributed by atoms with van der Waals surface area (Å²) in [4.78, 5) is 41.5. The average molecular weight is 542 g/mol. The van der Waals surface area contributed by atoms with Crippen molar-refractivity contribution >= 4 is 32.7 Å². The molecule has 1 amide bonds. The third kappa shape index (κ3) is 4.56. The van der Waals surface area contributed by atoms with Crippen molar-refractivity contribution in [2.75, 3.05) is 12.4 Å². The van der Waals surface area contributed by atoms with Gasteiger partial charge in [0.25, 0.3) is 17.9 Å². The van der Waals surface area contributed by atoms with Crippen LogP contribution in [0.15, 0.2) is 59.9 Å². The Kier molecular flexibility index (Phi) is 6.55. The molecule has 0 saturated heterocycles. The lowest BCUT2D eigenvalue weighted by Gasteiger charge is -2.15. The van der Waals surface area contributed by atoms with Gasteiger partial charge in [-0.05, 0) is 30.3 Å². The first-order valence-corrected chi connectivity index (χ1v) is 11.5. The van der Waals surface area contributed by atoms with Crippen LogP contribution in [0.5, 0.6) is 5.75 Å². The number of fused-ring (bicyclic) bond motifs is 1. The highest BCUT2D eigenvalue weighted by molar-refractivity contribution is 7.22. The molecule has 38 heavy (non-hydrogen) atoms. The topological polar surface area (TPSA) is 112 Å². The van der Waals surface area contributed by atoms with Crippen LogP contribution in [0.1, 0.15) is 22.5 Å². The predicted octanol–water partition coefficient (Wildman–Crippen LogP) is 4.78. The number of pyridine rings is 4. The molecule has 0 fully saturated rings. The fourth-order valence-electron chi connectivity index (χ4n) is 3.60. The van der Waals surface area contributed by atoms with Crippen LogP contribution >= 0.6 is 11.3 Å². The lowest BCUT2D eigenvalue weighted by atomic mass is 10.00. The number of anilines is 1. The molecule has 0 aliphatic heterocycles. The van der Waals surface area contributed by atoms with Gasteiger partial charge in [0.1, 0.15) is 27.8 Å². The third-order valence-electron chi connectivity index (χ3n) is 5.37. The minimum absolute atomic E-state index is 0.0222. The number of thiazole rings is 1. The first-order valence-electron chi connectivity index (χ1n) is 10.7. The van der Waals surface area contributed by atoms with Crippen LogP contribution in [-0.4, -0.2) is 37.5 Å². The summed E-state index contributed by atoms with van der Waals surface area (Å²) < 4.78 is 61.3. The van der Waals surface area contributed by atoms with E-state index in [1.54, 1.807) is 0 Å². The Morgan fingerprint density at radius 2 is 1.89 bits per heavy atom. The number of carbonyl (C=O) groups excluding carboxylic acids is 1. The second-order valence-electron chi connectivity index (χ2n) is 7.65. The molecule has 0 aromatic carbocycles. The number of methoxy groups -OCH3 is 1. The molecule has 0 unspecified atom stereocenters. The zero-order valence-electron chi connectivity index (χ0n) is 19.2. The van der Waals surface area contributed by atoms with Crippen molar-refractivity contribution < 1.29 is 27.1 Å². The van der Waals surface area contributed by atoms with Crippen LogP contribution < -0.4 is 15.6 Å². The summed E-state index contributed by atoms with van der Waals surface area (Å²) in [5.41, 5.74) is -1.59. The van der Waals surface area contributed by atoms with E-state index in [4.69, 9.17) is 4.74 Å². The Bertz CT molecular complexity index is 1760. The molecule has 0 aliphatic carbocycles. The maximum atomic E-state index is 14.1. The van der Waals surface area contributed by atoms with Crippen molar-refractivity contribution in [3.05, 3.63) is 88.4 Å². The number of hydrogen-bond donors (Lipinski definition) is 1. The summed E-state index contributed by atoms with van der Waals surface area (Å²) in [5, 5.41) is 2.55. The van der Waals surface area contributed by atoms with E-state index in [0.717, 1.165) is 46.5 Å². The van der Waals surface area contributed by atoms with Gasteiger partial charge in [0.15, 0.2) is 16.6 Å². The minimum atomic E-state index is -2.94. The Hall–Kier alpha value is -4.72. The van der Waals surface area contributed by atoms with Crippen LogP contribution in [0.2, 0.25) is 0 Å². The van der Waals surface area contributed by atoms with Gasteiger partial charge in [-0.3, -0.25) is 24.5 Å². The van der Waals surface area contributed by atoms with Crippen molar-refractivity contribution in [1.29, 1.82) is 0 Å². The molecule has 0 atom stereocenters. The highest BCUT2D eigenvalue weighted by atomic mass is 32.1. The van der Waals surface area contributed by atoms with Gasteiger partial charge in [0.05, 0.1) is 18.9 Å². The lowest BCUT2D eigenvalue weighted by molar-refractivity contribution is 0.102. The highest BCUT2D eigenvalue weighted by Gasteiger charge is 2.22. The molecule has 9 nitrogen and oxygen atoms in total. The van der Waals surface area contributed by atoms with Crippen LogP contribution in [-0.2, 0) is 0 Å². The van der Waals surface area contributed by atoms with E-state index in [9.17, 15) is 27.2 Å². The number of rotatable bonds is 6. The number of nitrogens with zero attached hydrogens (tertiary/aromatic N) is 5. The summed E-state index contributed by atoms with van der Waals surface area (Å²) in [6, 6.07) is 5.68. The Morgan fingerprint density at radius 1 is 1.08 bits per heavy atom. The van der Waals surface area contributed by atoms with Gasteiger partial charge in [-0.25, -0.2) is 27.5 Å². The fourth-order valence-corrected chi connectivity index (χ4v) is 4.43. The summed E-state index contributed by atoms with van der Waals surface area (Å²) in [5.74, 6) is -2.44. The third-order valence-corrected chi connectivity index (χ3v) is 6.34. The van der Waals surface area contributed by atoms with Gasteiger partial charge in [0.2, 0.25) is 0 Å². The molecule has 5 aromatic heterocycles. The SMILES string of the molecule is COc1cnc(C(F)F)cc1-c1cc(-n2cccc(F)c2=O)ncc1C(=O)Nc1nc2nccc(F)c2s1. The quantitative estimate of drug-likeness (QED) is 0.308.